The number of para-hydroxylation sites is 1. The van der Waals surface area contributed by atoms with E-state index in [1.807, 2.05) is 0 Å². The third-order valence-electron chi connectivity index (χ3n) is 2.36. The maximum atomic E-state index is 13.5. The SMILES string of the molecule is Cc1nc(N(C)c2ccccc2F)c(N)[nH]1. The number of nitrogens with zero attached hydrogens (tertiary/aromatic N) is 2. The number of nitrogen functional groups attached to an aromatic ring is 1. The maximum absolute atomic E-state index is 13.5. The maximum Gasteiger partial charge on any atom is 0.175 e. The normalized spacial score (nSPS) is 10.4. The fourth-order valence-corrected chi connectivity index (χ4v) is 1.59. The molecule has 0 aliphatic heterocycles. The van der Waals surface area contributed by atoms with Gasteiger partial charge in [-0.25, -0.2) is 9.37 Å². The molecule has 0 atom stereocenters. The van der Waals surface area contributed by atoms with Crippen molar-refractivity contribution >= 4 is 17.3 Å². The van der Waals surface area contributed by atoms with E-state index in [2.05, 4.69) is 9.97 Å². The van der Waals surface area contributed by atoms with Gasteiger partial charge in [-0.15, -0.1) is 0 Å². The molecule has 0 aliphatic carbocycles. The van der Waals surface area contributed by atoms with Crippen molar-refractivity contribution in [1.82, 2.24) is 9.97 Å². The van der Waals surface area contributed by atoms with E-state index in [4.69, 9.17) is 5.73 Å². The van der Waals surface area contributed by atoms with Crippen molar-refractivity contribution < 1.29 is 4.39 Å². The van der Waals surface area contributed by atoms with Crippen LogP contribution >= 0.6 is 0 Å². The van der Waals surface area contributed by atoms with Crippen LogP contribution in [0, 0.1) is 12.7 Å². The number of anilines is 3. The smallest absolute Gasteiger partial charge is 0.175 e. The zero-order valence-corrected chi connectivity index (χ0v) is 9.16. The molecule has 0 amide bonds. The second-order valence-corrected chi connectivity index (χ2v) is 3.57. The van der Waals surface area contributed by atoms with E-state index < -0.39 is 0 Å². The molecule has 1 heterocycles. The van der Waals surface area contributed by atoms with E-state index in [0.29, 0.717) is 23.1 Å². The number of nitrogens with two attached hydrogens (primary N) is 1. The number of imidazole rings is 1. The van der Waals surface area contributed by atoms with Gasteiger partial charge in [0.05, 0.1) is 5.69 Å². The first-order valence-electron chi connectivity index (χ1n) is 4.90. The summed E-state index contributed by atoms with van der Waals surface area (Å²) in [7, 11) is 1.73. The quantitative estimate of drug-likeness (QED) is 0.815. The average molecular weight is 220 g/mol. The van der Waals surface area contributed by atoms with E-state index in [1.54, 1.807) is 37.1 Å². The van der Waals surface area contributed by atoms with Crippen molar-refractivity contribution in [3.05, 3.63) is 35.9 Å². The summed E-state index contributed by atoms with van der Waals surface area (Å²) >= 11 is 0. The van der Waals surface area contributed by atoms with E-state index in [-0.39, 0.29) is 5.82 Å². The van der Waals surface area contributed by atoms with E-state index in [9.17, 15) is 4.39 Å². The number of aromatic nitrogens is 2. The fraction of sp³-hybridized carbons (Fsp3) is 0.182. The van der Waals surface area contributed by atoms with Crippen LogP contribution in [0.5, 0.6) is 0 Å². The van der Waals surface area contributed by atoms with Crippen LogP contribution in [0.3, 0.4) is 0 Å². The molecule has 0 unspecified atom stereocenters. The minimum absolute atomic E-state index is 0.301. The first kappa shape index (κ1) is 10.5. The first-order valence-corrected chi connectivity index (χ1v) is 4.90. The summed E-state index contributed by atoms with van der Waals surface area (Å²) in [4.78, 5) is 8.71. The van der Waals surface area contributed by atoms with Crippen molar-refractivity contribution in [1.29, 1.82) is 0 Å². The highest BCUT2D eigenvalue weighted by Crippen LogP contribution is 2.28. The molecule has 0 fully saturated rings. The van der Waals surface area contributed by atoms with Gasteiger partial charge in [0.25, 0.3) is 0 Å². The van der Waals surface area contributed by atoms with Crippen LogP contribution in [-0.2, 0) is 0 Å². The van der Waals surface area contributed by atoms with Crippen LogP contribution in [0.1, 0.15) is 5.82 Å². The predicted octanol–water partition coefficient (Wildman–Crippen LogP) is 2.21. The second kappa shape index (κ2) is 3.84. The molecule has 1 aromatic carbocycles. The van der Waals surface area contributed by atoms with Crippen LogP contribution in [-0.4, -0.2) is 17.0 Å². The third-order valence-corrected chi connectivity index (χ3v) is 2.36. The zero-order valence-electron chi connectivity index (χ0n) is 9.16. The lowest BCUT2D eigenvalue weighted by molar-refractivity contribution is 0.627. The highest BCUT2D eigenvalue weighted by molar-refractivity contribution is 5.68. The Hall–Kier alpha value is -2.04. The lowest BCUT2D eigenvalue weighted by Crippen LogP contribution is -2.13. The molecule has 16 heavy (non-hydrogen) atoms. The van der Waals surface area contributed by atoms with Crippen LogP contribution < -0.4 is 10.6 Å². The molecule has 84 valence electrons. The molecule has 0 aliphatic rings. The van der Waals surface area contributed by atoms with Crippen LogP contribution in [0.2, 0.25) is 0 Å². The molecule has 0 saturated carbocycles. The number of aryl methyl sites for hydroxylation is 1. The van der Waals surface area contributed by atoms with Crippen LogP contribution in [0.4, 0.5) is 21.7 Å². The van der Waals surface area contributed by atoms with Gasteiger partial charge in [-0.2, -0.15) is 0 Å². The summed E-state index contributed by atoms with van der Waals surface area (Å²) < 4.78 is 13.5. The Kier molecular flexibility index (Phi) is 2.52. The Morgan fingerprint density at radius 1 is 1.38 bits per heavy atom. The number of hydrogen-bond donors (Lipinski definition) is 2. The standard InChI is InChI=1S/C11H13FN4/c1-7-14-10(13)11(15-7)16(2)9-6-4-3-5-8(9)12/h3-6H,13H2,1-2H3,(H,14,15). The predicted molar refractivity (Wildman–Crippen MR) is 62.2 cm³/mol. The molecule has 2 aromatic rings. The number of rotatable bonds is 2. The summed E-state index contributed by atoms with van der Waals surface area (Å²) in [5, 5.41) is 0. The molecule has 1 aromatic heterocycles. The lowest BCUT2D eigenvalue weighted by Gasteiger charge is -2.17. The summed E-state index contributed by atoms with van der Waals surface area (Å²) in [6.45, 7) is 1.80. The molecule has 5 heteroatoms. The Labute approximate surface area is 92.9 Å². The van der Waals surface area contributed by atoms with Gasteiger partial charge < -0.3 is 15.6 Å². The highest BCUT2D eigenvalue weighted by atomic mass is 19.1. The van der Waals surface area contributed by atoms with Gasteiger partial charge in [-0.05, 0) is 19.1 Å². The van der Waals surface area contributed by atoms with Crippen molar-refractivity contribution in [3.8, 4) is 0 Å². The first-order chi connectivity index (χ1) is 7.59. The molecule has 0 radical (unpaired) electrons. The number of aromatic amines is 1. The topological polar surface area (TPSA) is 57.9 Å². The molecular formula is C11H13FN4. The number of hydrogen-bond acceptors (Lipinski definition) is 3. The molecule has 2 rings (SSSR count). The molecule has 0 bridgehead atoms. The number of halogens is 1. The van der Waals surface area contributed by atoms with Gasteiger partial charge in [-0.1, -0.05) is 12.1 Å². The largest absolute Gasteiger partial charge is 0.382 e. The van der Waals surface area contributed by atoms with Crippen molar-refractivity contribution in [2.24, 2.45) is 0 Å². The highest BCUT2D eigenvalue weighted by Gasteiger charge is 2.14. The summed E-state index contributed by atoms with van der Waals surface area (Å²) in [5.74, 6) is 1.37. The van der Waals surface area contributed by atoms with Gasteiger partial charge in [0.2, 0.25) is 0 Å². The Balaban J connectivity index is 2.43. The Morgan fingerprint density at radius 2 is 2.06 bits per heavy atom. The summed E-state index contributed by atoms with van der Waals surface area (Å²) in [6, 6.07) is 6.50. The zero-order chi connectivity index (χ0) is 11.7. The molecule has 0 spiro atoms. The van der Waals surface area contributed by atoms with Crippen molar-refractivity contribution in [2.45, 2.75) is 6.92 Å². The fourth-order valence-electron chi connectivity index (χ4n) is 1.59. The summed E-state index contributed by atoms with van der Waals surface area (Å²) in [5.41, 5.74) is 6.19. The van der Waals surface area contributed by atoms with Gasteiger partial charge in [-0.3, -0.25) is 0 Å². The van der Waals surface area contributed by atoms with Gasteiger partial charge in [0.15, 0.2) is 5.82 Å². The van der Waals surface area contributed by atoms with Crippen molar-refractivity contribution in [2.75, 3.05) is 17.7 Å². The Morgan fingerprint density at radius 3 is 2.62 bits per heavy atom. The molecule has 4 nitrogen and oxygen atoms in total. The second-order valence-electron chi connectivity index (χ2n) is 3.57. The minimum Gasteiger partial charge on any atom is -0.382 e. The number of H-pyrrole nitrogens is 1. The number of benzene rings is 1. The van der Waals surface area contributed by atoms with Crippen molar-refractivity contribution in [3.63, 3.8) is 0 Å². The van der Waals surface area contributed by atoms with Gasteiger partial charge in [0.1, 0.15) is 17.5 Å². The van der Waals surface area contributed by atoms with Crippen LogP contribution in [0.25, 0.3) is 0 Å². The molecular weight excluding hydrogens is 207 g/mol. The third kappa shape index (κ3) is 1.71. The van der Waals surface area contributed by atoms with E-state index in [0.717, 1.165) is 0 Å². The van der Waals surface area contributed by atoms with Gasteiger partial charge in [0, 0.05) is 7.05 Å². The molecule has 3 N–H and O–H groups in total. The van der Waals surface area contributed by atoms with Crippen LogP contribution in [0.15, 0.2) is 24.3 Å². The van der Waals surface area contributed by atoms with Gasteiger partial charge >= 0.3 is 0 Å². The monoisotopic (exact) mass is 220 g/mol. The lowest BCUT2D eigenvalue weighted by atomic mass is 10.3. The Bertz CT molecular complexity index is 506. The minimum atomic E-state index is -0.301. The van der Waals surface area contributed by atoms with E-state index in [1.165, 1.54) is 6.07 Å². The summed E-state index contributed by atoms with van der Waals surface area (Å²) in [6.07, 6.45) is 0. The number of nitrogens with one attached hydrogen (secondary N) is 1. The molecule has 0 saturated heterocycles. The average Bonchev–Trinajstić information content (AvgIpc) is 2.58. The van der Waals surface area contributed by atoms with E-state index >= 15 is 0 Å².